The van der Waals surface area contributed by atoms with E-state index in [1.165, 1.54) is 11.1 Å². The second-order valence-electron chi connectivity index (χ2n) is 7.28. The third-order valence-corrected chi connectivity index (χ3v) is 5.35. The van der Waals surface area contributed by atoms with Crippen LogP contribution in [0.15, 0.2) is 18.2 Å². The molecule has 1 N–H and O–H groups in total. The van der Waals surface area contributed by atoms with Gasteiger partial charge in [-0.1, -0.05) is 18.2 Å². The summed E-state index contributed by atoms with van der Waals surface area (Å²) in [4.78, 5) is 17.2. The van der Waals surface area contributed by atoms with Crippen molar-refractivity contribution in [3.05, 3.63) is 29.3 Å². The van der Waals surface area contributed by atoms with Crippen molar-refractivity contribution in [1.82, 2.24) is 15.1 Å². The van der Waals surface area contributed by atoms with Crippen molar-refractivity contribution < 1.29 is 9.53 Å². The number of carbonyl (C=O) groups is 1. The minimum Gasteiger partial charge on any atom is -0.492 e. The number of carbonyl (C=O) groups excluding carboxylic acids is 1. The minimum absolute atomic E-state index is 0.159. The van der Waals surface area contributed by atoms with E-state index in [2.05, 4.69) is 42.3 Å². The number of para-hydroxylation sites is 1. The predicted octanol–water partition coefficient (Wildman–Crippen LogP) is 1.83. The minimum atomic E-state index is 0.159. The fourth-order valence-corrected chi connectivity index (χ4v) is 3.91. The summed E-state index contributed by atoms with van der Waals surface area (Å²) in [6, 6.07) is 6.24. The maximum atomic E-state index is 12.7. The number of nitrogens with one attached hydrogen (secondary N) is 1. The maximum absolute atomic E-state index is 12.7. The van der Waals surface area contributed by atoms with E-state index in [1.807, 2.05) is 4.90 Å². The van der Waals surface area contributed by atoms with Crippen LogP contribution in [-0.4, -0.2) is 68.1 Å². The molecule has 2 heterocycles. The molecule has 1 amide bonds. The lowest BCUT2D eigenvalue weighted by Gasteiger charge is -2.36. The highest BCUT2D eigenvalue weighted by atomic mass is 16.5. The number of rotatable bonds is 5. The van der Waals surface area contributed by atoms with E-state index >= 15 is 0 Å². The summed E-state index contributed by atoms with van der Waals surface area (Å²) in [6.45, 7) is 11.2. The molecule has 5 heteroatoms. The fraction of sp³-hybridized carbons (Fsp3) is 0.650. The Morgan fingerprint density at radius 2 is 1.92 bits per heavy atom. The van der Waals surface area contributed by atoms with Crippen molar-refractivity contribution >= 4 is 5.91 Å². The number of piperazine rings is 1. The second kappa shape index (κ2) is 8.68. The van der Waals surface area contributed by atoms with Crippen molar-refractivity contribution in [2.45, 2.75) is 26.7 Å². The van der Waals surface area contributed by atoms with E-state index in [1.54, 1.807) is 0 Å². The Balaban J connectivity index is 1.47. The van der Waals surface area contributed by atoms with Crippen molar-refractivity contribution in [2.75, 3.05) is 52.4 Å². The second-order valence-corrected chi connectivity index (χ2v) is 7.28. The van der Waals surface area contributed by atoms with Crippen LogP contribution >= 0.6 is 0 Å². The molecule has 1 atom stereocenters. The summed E-state index contributed by atoms with van der Waals surface area (Å²) in [7, 11) is 0. The number of amides is 1. The lowest BCUT2D eigenvalue weighted by Crippen LogP contribution is -2.51. The average Bonchev–Trinajstić information content (AvgIpc) is 2.64. The summed E-state index contributed by atoms with van der Waals surface area (Å²) in [6.07, 6.45) is 2.13. The van der Waals surface area contributed by atoms with E-state index in [0.717, 1.165) is 64.4 Å². The molecule has 1 unspecified atom stereocenters. The zero-order valence-corrected chi connectivity index (χ0v) is 15.6. The Labute approximate surface area is 151 Å². The molecule has 2 aliphatic heterocycles. The number of hydrogen-bond acceptors (Lipinski definition) is 4. The molecular weight excluding hydrogens is 314 g/mol. The van der Waals surface area contributed by atoms with Crippen LogP contribution in [0, 0.1) is 19.8 Å². The summed E-state index contributed by atoms with van der Waals surface area (Å²) in [5.41, 5.74) is 2.37. The molecule has 0 aliphatic carbocycles. The summed E-state index contributed by atoms with van der Waals surface area (Å²) in [5, 5.41) is 3.31. The smallest absolute Gasteiger partial charge is 0.227 e. The van der Waals surface area contributed by atoms with Crippen molar-refractivity contribution in [3.63, 3.8) is 0 Å². The number of likely N-dealkylation sites (tertiary alicyclic amines) is 1. The Morgan fingerprint density at radius 1 is 1.20 bits per heavy atom. The summed E-state index contributed by atoms with van der Waals surface area (Å²) < 4.78 is 6.04. The van der Waals surface area contributed by atoms with E-state index in [4.69, 9.17) is 4.74 Å². The molecule has 0 aromatic heterocycles. The highest BCUT2D eigenvalue weighted by molar-refractivity contribution is 5.79. The molecule has 1 aromatic carbocycles. The summed E-state index contributed by atoms with van der Waals surface area (Å²) in [5.74, 6) is 1.52. The standard InChI is InChI=1S/C20H31N3O2/c1-16-5-3-6-17(2)19(16)25-14-13-22-10-4-7-18(15-22)20(24)23-11-8-21-9-12-23/h3,5-6,18,21H,4,7-15H2,1-2H3. The van der Waals surface area contributed by atoms with Gasteiger partial charge in [0.05, 0.1) is 5.92 Å². The predicted molar refractivity (Wildman–Crippen MR) is 100 cm³/mol. The zero-order valence-electron chi connectivity index (χ0n) is 15.6. The Morgan fingerprint density at radius 3 is 2.64 bits per heavy atom. The molecule has 0 spiro atoms. The molecule has 0 bridgehead atoms. The first kappa shape index (κ1) is 18.2. The monoisotopic (exact) mass is 345 g/mol. The Bertz CT molecular complexity index is 564. The molecule has 0 saturated carbocycles. The van der Waals surface area contributed by atoms with Gasteiger partial charge in [0.15, 0.2) is 0 Å². The van der Waals surface area contributed by atoms with E-state index in [-0.39, 0.29) is 5.92 Å². The van der Waals surface area contributed by atoms with Gasteiger partial charge in [-0.15, -0.1) is 0 Å². The fourth-order valence-electron chi connectivity index (χ4n) is 3.91. The molecule has 1 aromatic rings. The van der Waals surface area contributed by atoms with Gasteiger partial charge in [0.2, 0.25) is 5.91 Å². The van der Waals surface area contributed by atoms with Crippen LogP contribution in [0.3, 0.4) is 0 Å². The van der Waals surface area contributed by atoms with Crippen LogP contribution in [-0.2, 0) is 4.79 Å². The van der Waals surface area contributed by atoms with Gasteiger partial charge in [0.1, 0.15) is 12.4 Å². The zero-order chi connectivity index (χ0) is 17.6. The van der Waals surface area contributed by atoms with Crippen LogP contribution in [0.2, 0.25) is 0 Å². The molecule has 2 saturated heterocycles. The normalized spacial score (nSPS) is 22.0. The molecule has 138 valence electrons. The first-order valence-corrected chi connectivity index (χ1v) is 9.56. The molecule has 5 nitrogen and oxygen atoms in total. The topological polar surface area (TPSA) is 44.8 Å². The van der Waals surface area contributed by atoms with Crippen LogP contribution < -0.4 is 10.1 Å². The van der Waals surface area contributed by atoms with Crippen molar-refractivity contribution in [3.8, 4) is 5.75 Å². The lowest BCUT2D eigenvalue weighted by atomic mass is 9.96. The molecule has 2 fully saturated rings. The third-order valence-electron chi connectivity index (χ3n) is 5.35. The summed E-state index contributed by atoms with van der Waals surface area (Å²) >= 11 is 0. The highest BCUT2D eigenvalue weighted by Gasteiger charge is 2.29. The van der Waals surface area contributed by atoms with Gasteiger partial charge >= 0.3 is 0 Å². The SMILES string of the molecule is Cc1cccc(C)c1OCCN1CCCC(C(=O)N2CCNCC2)C1. The highest BCUT2D eigenvalue weighted by Crippen LogP contribution is 2.23. The number of nitrogens with zero attached hydrogens (tertiary/aromatic N) is 2. The van der Waals surface area contributed by atoms with Gasteiger partial charge in [-0.2, -0.15) is 0 Å². The Hall–Kier alpha value is -1.59. The van der Waals surface area contributed by atoms with Crippen LogP contribution in [0.4, 0.5) is 0 Å². The van der Waals surface area contributed by atoms with Gasteiger partial charge in [0.25, 0.3) is 0 Å². The maximum Gasteiger partial charge on any atom is 0.227 e. The molecule has 2 aliphatic rings. The van der Waals surface area contributed by atoms with Gasteiger partial charge in [-0.25, -0.2) is 0 Å². The van der Waals surface area contributed by atoms with Crippen molar-refractivity contribution in [2.24, 2.45) is 5.92 Å². The first-order chi connectivity index (χ1) is 12.1. The van der Waals surface area contributed by atoms with Gasteiger partial charge < -0.3 is 15.0 Å². The molecular formula is C20H31N3O2. The molecule has 3 rings (SSSR count). The largest absolute Gasteiger partial charge is 0.492 e. The van der Waals surface area contributed by atoms with Gasteiger partial charge in [0, 0.05) is 39.3 Å². The van der Waals surface area contributed by atoms with Crippen molar-refractivity contribution in [1.29, 1.82) is 0 Å². The quantitative estimate of drug-likeness (QED) is 0.884. The number of benzene rings is 1. The number of aryl methyl sites for hydroxylation is 2. The lowest BCUT2D eigenvalue weighted by molar-refractivity contribution is -0.138. The van der Waals surface area contributed by atoms with Gasteiger partial charge in [-0.05, 0) is 44.4 Å². The molecule has 0 radical (unpaired) electrons. The average molecular weight is 345 g/mol. The number of hydrogen-bond donors (Lipinski definition) is 1. The van der Waals surface area contributed by atoms with E-state index in [9.17, 15) is 4.79 Å². The number of piperidine rings is 1. The van der Waals surface area contributed by atoms with E-state index in [0.29, 0.717) is 12.5 Å². The van der Waals surface area contributed by atoms with Crippen LogP contribution in [0.1, 0.15) is 24.0 Å². The number of ether oxygens (including phenoxy) is 1. The first-order valence-electron chi connectivity index (χ1n) is 9.56. The van der Waals surface area contributed by atoms with Crippen LogP contribution in [0.25, 0.3) is 0 Å². The molecule has 25 heavy (non-hydrogen) atoms. The Kier molecular flexibility index (Phi) is 6.32. The third kappa shape index (κ3) is 4.73. The van der Waals surface area contributed by atoms with Crippen LogP contribution in [0.5, 0.6) is 5.75 Å². The van der Waals surface area contributed by atoms with E-state index < -0.39 is 0 Å². The van der Waals surface area contributed by atoms with Gasteiger partial charge in [-0.3, -0.25) is 9.69 Å².